The molecule has 0 aliphatic heterocycles. The van der Waals surface area contributed by atoms with Gasteiger partial charge in [0.25, 0.3) is 0 Å². The van der Waals surface area contributed by atoms with Crippen LogP contribution in [-0.2, 0) is 17.3 Å². The Bertz CT molecular complexity index is 1410. The summed E-state index contributed by atoms with van der Waals surface area (Å²) in [5.41, 5.74) is 3.37. The van der Waals surface area contributed by atoms with Crippen molar-refractivity contribution in [2.45, 2.75) is 69.9 Å². The summed E-state index contributed by atoms with van der Waals surface area (Å²) in [4.78, 5) is 17.4. The van der Waals surface area contributed by atoms with Crippen LogP contribution >= 0.6 is 0 Å². The number of carbonyl (C=O) groups excluding carboxylic acids is 1. The molecule has 1 aliphatic carbocycles. The van der Waals surface area contributed by atoms with E-state index < -0.39 is 28.7 Å². The Morgan fingerprint density at radius 2 is 1.75 bits per heavy atom. The first-order valence-corrected chi connectivity index (χ1v) is 12.9. The standard InChI is InChI=1S/C30H32F4N2O4/c1-28(2,35)19-15-23(17-5-9-22(31)21(13-17)30(32,33)34)36-27(16-19)29(3,38)12-11-24(37)18-6-10-25(26(14-18)39-4)40-20-7-8-20/h5-6,9-10,13-16,20,38H,7-8,11-12,35H2,1-4H3. The van der Waals surface area contributed by atoms with Gasteiger partial charge in [0.15, 0.2) is 17.3 Å². The van der Waals surface area contributed by atoms with Crippen LogP contribution in [0.25, 0.3) is 11.3 Å². The second kappa shape index (κ2) is 10.8. The Morgan fingerprint density at radius 1 is 1.05 bits per heavy atom. The molecule has 0 bridgehead atoms. The molecule has 10 heteroatoms. The quantitative estimate of drug-likeness (QED) is 0.217. The van der Waals surface area contributed by atoms with Crippen molar-refractivity contribution in [1.29, 1.82) is 0 Å². The number of rotatable bonds is 10. The van der Waals surface area contributed by atoms with Crippen LogP contribution in [0.1, 0.15) is 73.6 Å². The number of alkyl halides is 3. The van der Waals surface area contributed by atoms with Crippen molar-refractivity contribution in [3.05, 3.63) is 76.7 Å². The number of hydrogen-bond donors (Lipinski definition) is 2. The van der Waals surface area contributed by atoms with E-state index in [1.807, 2.05) is 0 Å². The normalized spacial score (nSPS) is 15.4. The maximum atomic E-state index is 13.9. The molecule has 0 radical (unpaired) electrons. The van der Waals surface area contributed by atoms with Crippen LogP contribution < -0.4 is 15.2 Å². The lowest BCUT2D eigenvalue weighted by atomic mass is 9.88. The minimum Gasteiger partial charge on any atom is -0.493 e. The van der Waals surface area contributed by atoms with Crippen LogP contribution in [-0.4, -0.2) is 29.1 Å². The van der Waals surface area contributed by atoms with E-state index in [1.54, 1.807) is 38.1 Å². The Hall–Kier alpha value is -3.50. The summed E-state index contributed by atoms with van der Waals surface area (Å²) >= 11 is 0. The maximum Gasteiger partial charge on any atom is 0.419 e. The van der Waals surface area contributed by atoms with Crippen molar-refractivity contribution < 1.29 is 36.9 Å². The smallest absolute Gasteiger partial charge is 0.419 e. The Labute approximate surface area is 230 Å². The van der Waals surface area contributed by atoms with E-state index in [2.05, 4.69) is 4.98 Å². The number of ether oxygens (including phenoxy) is 2. The molecular formula is C30H32F4N2O4. The number of ketones is 1. The van der Waals surface area contributed by atoms with Crippen LogP contribution in [0.2, 0.25) is 0 Å². The first-order valence-electron chi connectivity index (χ1n) is 12.9. The molecule has 1 fully saturated rings. The molecule has 1 aromatic heterocycles. The van der Waals surface area contributed by atoms with Gasteiger partial charge in [-0.3, -0.25) is 4.79 Å². The van der Waals surface area contributed by atoms with Gasteiger partial charge in [-0.05, 0) is 94.1 Å². The van der Waals surface area contributed by atoms with E-state index in [4.69, 9.17) is 15.2 Å². The largest absolute Gasteiger partial charge is 0.493 e. The van der Waals surface area contributed by atoms with E-state index in [0.717, 1.165) is 18.9 Å². The number of benzene rings is 2. The maximum absolute atomic E-state index is 13.9. The number of nitrogens with zero attached hydrogens (tertiary/aromatic N) is 1. The van der Waals surface area contributed by atoms with Crippen molar-refractivity contribution in [3.63, 3.8) is 0 Å². The topological polar surface area (TPSA) is 94.7 Å². The van der Waals surface area contributed by atoms with Gasteiger partial charge in [-0.25, -0.2) is 9.37 Å². The minimum absolute atomic E-state index is 0.00792. The molecule has 1 atom stereocenters. The first kappa shape index (κ1) is 29.5. The van der Waals surface area contributed by atoms with E-state index in [-0.39, 0.29) is 41.7 Å². The van der Waals surface area contributed by atoms with Gasteiger partial charge < -0.3 is 20.3 Å². The highest BCUT2D eigenvalue weighted by Crippen LogP contribution is 2.37. The van der Waals surface area contributed by atoms with E-state index >= 15 is 0 Å². The fourth-order valence-corrected chi connectivity index (χ4v) is 4.16. The summed E-state index contributed by atoms with van der Waals surface area (Å²) in [7, 11) is 1.49. The molecule has 3 aromatic rings. The van der Waals surface area contributed by atoms with Crippen molar-refractivity contribution in [2.75, 3.05) is 7.11 Å². The molecule has 0 spiro atoms. The van der Waals surface area contributed by atoms with Gasteiger partial charge in [0.1, 0.15) is 11.4 Å². The lowest BCUT2D eigenvalue weighted by molar-refractivity contribution is -0.139. The summed E-state index contributed by atoms with van der Waals surface area (Å²) in [6, 6.07) is 10.6. The Kier molecular flexibility index (Phi) is 7.97. The SMILES string of the molecule is COc1cc(C(=O)CCC(C)(O)c2cc(C(C)(C)N)cc(-c3ccc(F)c(C(F)(F)F)c3)n2)ccc1OC1CC1. The molecular weight excluding hydrogens is 528 g/mol. The first-order chi connectivity index (χ1) is 18.6. The number of carbonyl (C=O) groups is 1. The minimum atomic E-state index is -4.90. The van der Waals surface area contributed by atoms with Crippen LogP contribution in [0.15, 0.2) is 48.5 Å². The molecule has 6 nitrogen and oxygen atoms in total. The second-order valence-corrected chi connectivity index (χ2v) is 10.9. The van der Waals surface area contributed by atoms with Crippen LogP contribution in [0.4, 0.5) is 17.6 Å². The average molecular weight is 561 g/mol. The number of nitrogens with two attached hydrogens (primary N) is 1. The van der Waals surface area contributed by atoms with E-state index in [0.29, 0.717) is 28.7 Å². The lowest BCUT2D eigenvalue weighted by Crippen LogP contribution is -2.31. The summed E-state index contributed by atoms with van der Waals surface area (Å²) in [6.45, 7) is 4.87. The molecule has 214 valence electrons. The van der Waals surface area contributed by atoms with Crippen molar-refractivity contribution >= 4 is 5.78 Å². The zero-order valence-corrected chi connectivity index (χ0v) is 22.7. The predicted molar refractivity (Wildman–Crippen MR) is 142 cm³/mol. The van der Waals surface area contributed by atoms with Crippen LogP contribution in [0.3, 0.4) is 0 Å². The van der Waals surface area contributed by atoms with Crippen LogP contribution in [0.5, 0.6) is 11.5 Å². The third kappa shape index (κ3) is 6.79. The number of Topliss-reactive ketones (excluding diaryl/α,β-unsaturated/α-hetero) is 1. The zero-order chi connectivity index (χ0) is 29.5. The number of pyridine rings is 1. The molecule has 1 saturated carbocycles. The molecule has 1 aliphatic rings. The number of methoxy groups -OCH3 is 1. The zero-order valence-electron chi connectivity index (χ0n) is 22.7. The fourth-order valence-electron chi connectivity index (χ4n) is 4.16. The van der Waals surface area contributed by atoms with Gasteiger partial charge in [-0.2, -0.15) is 13.2 Å². The van der Waals surface area contributed by atoms with Crippen molar-refractivity contribution in [2.24, 2.45) is 5.73 Å². The van der Waals surface area contributed by atoms with Crippen molar-refractivity contribution in [3.8, 4) is 22.8 Å². The molecule has 0 amide bonds. The van der Waals surface area contributed by atoms with Gasteiger partial charge in [-0.15, -0.1) is 0 Å². The average Bonchev–Trinajstić information content (AvgIpc) is 3.70. The number of aromatic nitrogens is 1. The monoisotopic (exact) mass is 560 g/mol. The molecule has 3 N–H and O–H groups in total. The van der Waals surface area contributed by atoms with Crippen molar-refractivity contribution in [1.82, 2.24) is 4.98 Å². The third-order valence-corrected chi connectivity index (χ3v) is 6.83. The molecule has 40 heavy (non-hydrogen) atoms. The van der Waals surface area contributed by atoms with Gasteiger partial charge in [0.05, 0.1) is 30.2 Å². The van der Waals surface area contributed by atoms with Gasteiger partial charge >= 0.3 is 6.18 Å². The molecule has 2 aromatic carbocycles. The Morgan fingerprint density at radius 3 is 2.35 bits per heavy atom. The summed E-state index contributed by atoms with van der Waals surface area (Å²) in [5.74, 6) is -0.659. The highest BCUT2D eigenvalue weighted by molar-refractivity contribution is 5.96. The highest BCUT2D eigenvalue weighted by Gasteiger charge is 2.35. The molecule has 4 rings (SSSR count). The van der Waals surface area contributed by atoms with E-state index in [9.17, 15) is 27.5 Å². The molecule has 1 unspecified atom stereocenters. The fraction of sp³-hybridized carbons (Fsp3) is 0.400. The van der Waals surface area contributed by atoms with Gasteiger partial charge in [0, 0.05) is 23.1 Å². The number of halogens is 4. The van der Waals surface area contributed by atoms with E-state index in [1.165, 1.54) is 26.2 Å². The third-order valence-electron chi connectivity index (χ3n) is 6.83. The Balaban J connectivity index is 1.61. The van der Waals surface area contributed by atoms with Gasteiger partial charge in [0.2, 0.25) is 0 Å². The summed E-state index contributed by atoms with van der Waals surface area (Å²) in [5, 5.41) is 11.4. The molecule has 0 saturated heterocycles. The highest BCUT2D eigenvalue weighted by atomic mass is 19.4. The lowest BCUT2D eigenvalue weighted by Gasteiger charge is -2.27. The van der Waals surface area contributed by atoms with Gasteiger partial charge in [-0.1, -0.05) is 0 Å². The number of aliphatic hydroxyl groups is 1. The summed E-state index contributed by atoms with van der Waals surface area (Å²) in [6.07, 6.45) is -2.88. The summed E-state index contributed by atoms with van der Waals surface area (Å²) < 4.78 is 65.2. The second-order valence-electron chi connectivity index (χ2n) is 10.9. The molecule has 1 heterocycles. The van der Waals surface area contributed by atoms with Crippen LogP contribution in [0, 0.1) is 5.82 Å². The number of hydrogen-bond acceptors (Lipinski definition) is 6. The predicted octanol–water partition coefficient (Wildman–Crippen LogP) is 6.52.